The van der Waals surface area contributed by atoms with Gasteiger partial charge in [0, 0.05) is 35.3 Å². The Morgan fingerprint density at radius 3 is 2.46 bits per heavy atom. The molecule has 1 aliphatic heterocycles. The Morgan fingerprint density at radius 1 is 1.05 bits per heavy atom. The van der Waals surface area contributed by atoms with Crippen LogP contribution in [-0.2, 0) is 14.2 Å². The van der Waals surface area contributed by atoms with Crippen molar-refractivity contribution >= 4 is 11.8 Å². The van der Waals surface area contributed by atoms with Gasteiger partial charge in [-0.3, -0.25) is 5.32 Å². The molecular weight excluding hydrogens is 518 g/mol. The second-order valence-corrected chi connectivity index (χ2v) is 15.1. The van der Waals surface area contributed by atoms with E-state index in [4.69, 9.17) is 14.2 Å². The third kappa shape index (κ3) is 4.85. The van der Waals surface area contributed by atoms with E-state index in [9.17, 15) is 15.0 Å². The van der Waals surface area contributed by atoms with Crippen LogP contribution in [0.3, 0.4) is 0 Å². The minimum absolute atomic E-state index is 0.0616. The molecule has 4 fully saturated rings. The maximum Gasteiger partial charge on any atom is 0.411 e. The second-order valence-electron chi connectivity index (χ2n) is 15.1. The normalized spacial score (nSPS) is 44.3. The molecule has 0 aromatic heterocycles. The number of anilines is 1. The molecule has 5 aliphatic rings. The number of allylic oxidation sites excluding steroid dienone is 1. The van der Waals surface area contributed by atoms with Crippen LogP contribution in [0.25, 0.3) is 0 Å². The summed E-state index contributed by atoms with van der Waals surface area (Å²) in [4.78, 5) is 12.6. The first-order chi connectivity index (χ1) is 19.4. The molecule has 7 heteroatoms. The Balaban J connectivity index is 1.17. The van der Waals surface area contributed by atoms with Gasteiger partial charge in [0.25, 0.3) is 0 Å². The number of aliphatic hydroxyl groups excluding tert-OH is 1. The molecule has 0 bridgehead atoms. The minimum atomic E-state index is -1.24. The molecule has 1 saturated heterocycles. The van der Waals surface area contributed by atoms with Crippen LogP contribution >= 0.6 is 0 Å². The number of hydrogen-bond acceptors (Lipinski definition) is 6. The standard InChI is InChI=1S/C34H49NO6/c1-21(29-39-19-31(2,3)20-40-29)25-11-12-26-24-13-16-34(38)18-23(41-30(37)35-22-9-7-6-8-10-22)17-28(36)33(34,5)27(24)14-15-32(25,26)4/h6-10,13,16,21,23-29,36,38H,11-12,14-15,17-20H2,1-5H3,(H,35,37)/t21?,23-,24-,25+,26-,27-,28-,32+,33-,34+/m0/s1. The van der Waals surface area contributed by atoms with E-state index < -0.39 is 29.3 Å². The molecule has 4 aliphatic carbocycles. The maximum atomic E-state index is 12.6. The lowest BCUT2D eigenvalue weighted by atomic mass is 9.44. The molecule has 0 spiro atoms. The molecule has 226 valence electrons. The average molecular weight is 568 g/mol. The number of para-hydroxylation sites is 1. The van der Waals surface area contributed by atoms with Crippen LogP contribution in [0.2, 0.25) is 0 Å². The van der Waals surface area contributed by atoms with Gasteiger partial charge in [0.15, 0.2) is 6.29 Å². The summed E-state index contributed by atoms with van der Waals surface area (Å²) >= 11 is 0. The van der Waals surface area contributed by atoms with E-state index in [-0.39, 0.29) is 29.5 Å². The van der Waals surface area contributed by atoms with Gasteiger partial charge in [-0.05, 0) is 66.9 Å². The van der Waals surface area contributed by atoms with Gasteiger partial charge in [-0.2, -0.15) is 0 Å². The van der Waals surface area contributed by atoms with Gasteiger partial charge in [-0.25, -0.2) is 4.79 Å². The van der Waals surface area contributed by atoms with E-state index in [0.717, 1.165) is 38.9 Å². The number of ether oxygens (including phenoxy) is 3. The van der Waals surface area contributed by atoms with Crippen molar-refractivity contribution in [1.29, 1.82) is 0 Å². The lowest BCUT2D eigenvalue weighted by molar-refractivity contribution is -0.254. The number of rotatable bonds is 4. The van der Waals surface area contributed by atoms with E-state index in [1.807, 2.05) is 24.3 Å². The van der Waals surface area contributed by atoms with Crippen LogP contribution in [0.5, 0.6) is 0 Å². The minimum Gasteiger partial charge on any atom is -0.446 e. The highest BCUT2D eigenvalue weighted by atomic mass is 16.7. The highest BCUT2D eigenvalue weighted by molar-refractivity contribution is 5.84. The fourth-order valence-electron chi connectivity index (χ4n) is 9.69. The number of fused-ring (bicyclic) bond motifs is 5. The fraction of sp³-hybridized carbons (Fsp3) is 0.735. The molecule has 1 heterocycles. The number of hydrogen-bond donors (Lipinski definition) is 3. The van der Waals surface area contributed by atoms with Gasteiger partial charge in [0.05, 0.1) is 24.9 Å². The Kier molecular flexibility index (Phi) is 7.37. The second kappa shape index (κ2) is 10.4. The lowest BCUT2D eigenvalue weighted by Gasteiger charge is -2.63. The summed E-state index contributed by atoms with van der Waals surface area (Å²) in [6.07, 6.45) is 7.07. The summed E-state index contributed by atoms with van der Waals surface area (Å²) in [6, 6.07) is 9.17. The summed E-state index contributed by atoms with van der Waals surface area (Å²) in [5, 5.41) is 26.5. The summed E-state index contributed by atoms with van der Waals surface area (Å²) < 4.78 is 18.2. The molecule has 41 heavy (non-hydrogen) atoms. The SMILES string of the molecule is CC(C1OCC(C)(C)CO1)[C@H]1CC[C@H]2[C@@H]3C=C[C@@]4(O)C[C@@H](OC(=O)Nc5ccccc5)C[C@H](O)[C@]4(C)[C@H]3CC[C@]12C. The van der Waals surface area contributed by atoms with Crippen molar-refractivity contribution in [3.8, 4) is 0 Å². The summed E-state index contributed by atoms with van der Waals surface area (Å²) in [7, 11) is 0. The van der Waals surface area contributed by atoms with E-state index in [0.29, 0.717) is 35.8 Å². The predicted molar refractivity (Wildman–Crippen MR) is 157 cm³/mol. The van der Waals surface area contributed by atoms with Gasteiger partial charge < -0.3 is 24.4 Å². The molecule has 3 saturated carbocycles. The first-order valence-corrected chi connectivity index (χ1v) is 15.7. The number of benzene rings is 1. The lowest BCUT2D eigenvalue weighted by Crippen LogP contribution is -2.66. The highest BCUT2D eigenvalue weighted by Crippen LogP contribution is 2.68. The van der Waals surface area contributed by atoms with Crippen LogP contribution in [0.1, 0.15) is 73.1 Å². The zero-order valence-corrected chi connectivity index (χ0v) is 25.3. The molecular formula is C34H49NO6. The topological polar surface area (TPSA) is 97.3 Å². The monoisotopic (exact) mass is 567 g/mol. The number of carbonyl (C=O) groups is 1. The van der Waals surface area contributed by atoms with Gasteiger partial charge in [0.1, 0.15) is 6.10 Å². The van der Waals surface area contributed by atoms with Crippen molar-refractivity contribution in [2.75, 3.05) is 18.5 Å². The highest BCUT2D eigenvalue weighted by Gasteiger charge is 2.66. The van der Waals surface area contributed by atoms with Crippen molar-refractivity contribution in [2.24, 2.45) is 45.8 Å². The Labute approximate surface area is 245 Å². The quantitative estimate of drug-likeness (QED) is 0.377. The molecule has 1 unspecified atom stereocenters. The Hall–Kier alpha value is -1.93. The number of carbonyl (C=O) groups excluding carboxylic acids is 1. The van der Waals surface area contributed by atoms with E-state index in [2.05, 4.69) is 46.0 Å². The Bertz CT molecular complexity index is 1150. The van der Waals surface area contributed by atoms with E-state index in [1.54, 1.807) is 12.1 Å². The molecule has 1 amide bonds. The third-order valence-corrected chi connectivity index (χ3v) is 12.1. The first-order valence-electron chi connectivity index (χ1n) is 15.7. The number of aliphatic hydroxyl groups is 2. The van der Waals surface area contributed by atoms with Gasteiger partial charge in [-0.1, -0.05) is 65.0 Å². The molecule has 1 aromatic carbocycles. The summed E-state index contributed by atoms with van der Waals surface area (Å²) in [5.41, 5.74) is -1.06. The molecule has 1 aromatic rings. The molecule has 6 rings (SSSR count). The summed E-state index contributed by atoms with van der Waals surface area (Å²) in [6.45, 7) is 12.7. The van der Waals surface area contributed by atoms with Crippen molar-refractivity contribution < 1.29 is 29.2 Å². The number of nitrogens with one attached hydrogen (secondary N) is 1. The van der Waals surface area contributed by atoms with Crippen molar-refractivity contribution in [3.05, 3.63) is 42.5 Å². The zero-order chi connectivity index (χ0) is 29.2. The molecule has 10 atom stereocenters. The van der Waals surface area contributed by atoms with Crippen LogP contribution in [0.15, 0.2) is 42.5 Å². The van der Waals surface area contributed by atoms with Crippen LogP contribution in [0, 0.1) is 45.8 Å². The van der Waals surface area contributed by atoms with Gasteiger partial charge in [0.2, 0.25) is 0 Å². The maximum absolute atomic E-state index is 12.6. The zero-order valence-electron chi connectivity index (χ0n) is 25.3. The predicted octanol–water partition coefficient (Wildman–Crippen LogP) is 6.16. The van der Waals surface area contributed by atoms with E-state index in [1.165, 1.54) is 0 Å². The largest absolute Gasteiger partial charge is 0.446 e. The molecule has 7 nitrogen and oxygen atoms in total. The summed E-state index contributed by atoms with van der Waals surface area (Å²) in [5.74, 6) is 1.79. The fourth-order valence-corrected chi connectivity index (χ4v) is 9.69. The average Bonchev–Trinajstić information content (AvgIpc) is 3.27. The van der Waals surface area contributed by atoms with Gasteiger partial charge >= 0.3 is 6.09 Å². The first kappa shape index (κ1) is 29.2. The smallest absolute Gasteiger partial charge is 0.411 e. The third-order valence-electron chi connectivity index (χ3n) is 12.1. The molecule has 0 radical (unpaired) electrons. The Morgan fingerprint density at radius 2 is 1.76 bits per heavy atom. The van der Waals surface area contributed by atoms with Crippen LogP contribution in [-0.4, -0.2) is 53.6 Å². The van der Waals surface area contributed by atoms with Crippen LogP contribution < -0.4 is 5.32 Å². The van der Waals surface area contributed by atoms with Crippen molar-refractivity contribution in [3.63, 3.8) is 0 Å². The van der Waals surface area contributed by atoms with Crippen LogP contribution in [0.4, 0.5) is 10.5 Å². The van der Waals surface area contributed by atoms with Crippen molar-refractivity contribution in [1.82, 2.24) is 0 Å². The van der Waals surface area contributed by atoms with Crippen molar-refractivity contribution in [2.45, 2.75) is 97.2 Å². The van der Waals surface area contributed by atoms with E-state index >= 15 is 0 Å². The van der Waals surface area contributed by atoms with Gasteiger partial charge in [-0.15, -0.1) is 0 Å². The number of amides is 1. The molecule has 3 N–H and O–H groups in total.